The van der Waals surface area contributed by atoms with E-state index >= 15 is 0 Å². The number of carbonyl (C=O) groups excluding carboxylic acids is 2. The van der Waals surface area contributed by atoms with Crippen LogP contribution in [-0.2, 0) is 14.3 Å². The lowest BCUT2D eigenvalue weighted by Crippen LogP contribution is -2.62. The predicted octanol–water partition coefficient (Wildman–Crippen LogP) is 3.83. The maximum Gasteiger partial charge on any atom is 0.508 e. The average molecular weight is 557 g/mol. The molecule has 220 valence electrons. The molecule has 2 heterocycles. The minimum absolute atomic E-state index is 0.00215. The Labute approximate surface area is 236 Å². The number of hydrogen-bond acceptors (Lipinski definition) is 8. The third-order valence-corrected chi connectivity index (χ3v) is 11.9. The molecule has 2 N–H and O–H groups in total. The molecule has 1 aliphatic heterocycles. The van der Waals surface area contributed by atoms with E-state index in [4.69, 9.17) is 13.9 Å². The van der Waals surface area contributed by atoms with Gasteiger partial charge in [-0.25, -0.2) is 9.59 Å². The number of piperazine rings is 1. The summed E-state index contributed by atoms with van der Waals surface area (Å²) in [6, 6.07) is 3.38. The Morgan fingerprint density at radius 1 is 1.10 bits per heavy atom. The summed E-state index contributed by atoms with van der Waals surface area (Å²) in [5.74, 6) is 1.36. The van der Waals surface area contributed by atoms with Crippen LogP contribution in [0, 0.1) is 28.6 Å². The molecule has 9 heteroatoms. The lowest BCUT2D eigenvalue weighted by atomic mass is 9.43. The molecule has 1 aromatic heterocycles. The molecule has 6 rings (SSSR count). The first-order valence-electron chi connectivity index (χ1n) is 15.3. The van der Waals surface area contributed by atoms with Gasteiger partial charge in [-0.05, 0) is 98.5 Å². The van der Waals surface area contributed by atoms with Gasteiger partial charge in [0.1, 0.15) is 12.7 Å². The summed E-state index contributed by atoms with van der Waals surface area (Å²) in [5.41, 5.74) is -0.146. The van der Waals surface area contributed by atoms with Crippen LogP contribution in [0.25, 0.3) is 0 Å². The van der Waals surface area contributed by atoms with Crippen LogP contribution in [0.5, 0.6) is 0 Å². The Balaban J connectivity index is 1.06. The number of ether oxygens (including phenoxy) is 2. The van der Waals surface area contributed by atoms with Gasteiger partial charge in [-0.3, -0.25) is 9.69 Å². The summed E-state index contributed by atoms with van der Waals surface area (Å²) < 4.78 is 16.3. The van der Waals surface area contributed by atoms with Gasteiger partial charge < -0.3 is 24.3 Å². The number of hydrogen-bond donors (Lipinski definition) is 2. The fourth-order valence-electron chi connectivity index (χ4n) is 9.70. The number of fused-ring (bicyclic) bond motifs is 5. The fourth-order valence-corrected chi connectivity index (χ4v) is 9.70. The minimum atomic E-state index is -0.725. The second-order valence-electron chi connectivity index (χ2n) is 13.6. The van der Waals surface area contributed by atoms with Gasteiger partial charge in [0, 0.05) is 31.1 Å². The Kier molecular flexibility index (Phi) is 7.26. The Morgan fingerprint density at radius 2 is 1.95 bits per heavy atom. The van der Waals surface area contributed by atoms with Crippen LogP contribution in [-0.4, -0.2) is 66.6 Å². The number of nitrogens with zero attached hydrogens (tertiary/aromatic N) is 1. The highest BCUT2D eigenvalue weighted by Crippen LogP contribution is 2.70. The van der Waals surface area contributed by atoms with Gasteiger partial charge in [-0.2, -0.15) is 0 Å². The van der Waals surface area contributed by atoms with Crippen LogP contribution in [0.2, 0.25) is 0 Å². The molecule has 4 aliphatic carbocycles. The topological polar surface area (TPSA) is 118 Å². The third kappa shape index (κ3) is 4.67. The highest BCUT2D eigenvalue weighted by atomic mass is 16.7. The van der Waals surface area contributed by atoms with Gasteiger partial charge in [0.05, 0.1) is 18.4 Å². The summed E-state index contributed by atoms with van der Waals surface area (Å²) in [7, 11) is 0. The molecule has 0 radical (unpaired) electrons. The van der Waals surface area contributed by atoms with E-state index in [1.807, 2.05) is 11.0 Å². The maximum atomic E-state index is 12.5. The zero-order valence-corrected chi connectivity index (χ0v) is 23.9. The van der Waals surface area contributed by atoms with Crippen LogP contribution >= 0.6 is 0 Å². The third-order valence-electron chi connectivity index (χ3n) is 11.9. The number of nitrogens with one attached hydrogen (secondary N) is 1. The fraction of sp³-hybridized carbons (Fsp3) is 0.774. The van der Waals surface area contributed by atoms with E-state index in [1.54, 1.807) is 6.26 Å². The van der Waals surface area contributed by atoms with Crippen molar-refractivity contribution in [3.05, 3.63) is 34.4 Å². The molecular formula is C31H44N2O7. The first kappa shape index (κ1) is 27.8. The zero-order valence-electron chi connectivity index (χ0n) is 23.9. The Hall–Kier alpha value is -2.39. The van der Waals surface area contributed by atoms with E-state index in [9.17, 15) is 19.5 Å². The summed E-state index contributed by atoms with van der Waals surface area (Å²) >= 11 is 0. The number of aliphatic hydroxyl groups is 1. The van der Waals surface area contributed by atoms with Gasteiger partial charge >= 0.3 is 11.8 Å². The molecule has 40 heavy (non-hydrogen) atoms. The Morgan fingerprint density at radius 3 is 2.73 bits per heavy atom. The highest BCUT2D eigenvalue weighted by molar-refractivity contribution is 5.78. The summed E-state index contributed by atoms with van der Waals surface area (Å²) in [4.78, 5) is 37.5. The van der Waals surface area contributed by atoms with Gasteiger partial charge in [0.15, 0.2) is 0 Å². The normalized spacial score (nSPS) is 41.3. The van der Waals surface area contributed by atoms with E-state index in [2.05, 4.69) is 19.2 Å². The van der Waals surface area contributed by atoms with Crippen molar-refractivity contribution in [2.75, 3.05) is 32.8 Å². The average Bonchev–Trinajstić information content (AvgIpc) is 3.20. The minimum Gasteiger partial charge on any atom is -0.433 e. The lowest BCUT2D eigenvalue weighted by Gasteiger charge is -2.63. The highest BCUT2D eigenvalue weighted by Gasteiger charge is 2.67. The van der Waals surface area contributed by atoms with Crippen molar-refractivity contribution in [3.63, 3.8) is 0 Å². The maximum absolute atomic E-state index is 12.5. The molecule has 0 unspecified atom stereocenters. The van der Waals surface area contributed by atoms with Crippen molar-refractivity contribution in [2.45, 2.75) is 89.3 Å². The molecule has 5 fully saturated rings. The predicted molar refractivity (Wildman–Crippen MR) is 147 cm³/mol. The molecule has 0 spiro atoms. The Bertz CT molecular complexity index is 1170. The monoisotopic (exact) mass is 556 g/mol. The van der Waals surface area contributed by atoms with Gasteiger partial charge in [-0.15, -0.1) is 0 Å². The van der Waals surface area contributed by atoms with Gasteiger partial charge in [0.2, 0.25) is 5.91 Å². The van der Waals surface area contributed by atoms with Crippen LogP contribution < -0.4 is 10.9 Å². The van der Waals surface area contributed by atoms with E-state index in [0.717, 1.165) is 69.9 Å². The van der Waals surface area contributed by atoms with Crippen LogP contribution in [0.15, 0.2) is 27.6 Å². The smallest absolute Gasteiger partial charge is 0.433 e. The molecule has 0 bridgehead atoms. The molecule has 1 amide bonds. The lowest BCUT2D eigenvalue weighted by molar-refractivity contribution is -0.205. The molecule has 4 saturated carbocycles. The van der Waals surface area contributed by atoms with E-state index < -0.39 is 11.8 Å². The summed E-state index contributed by atoms with van der Waals surface area (Å²) in [5, 5.41) is 15.2. The molecule has 0 aromatic carbocycles. The quantitative estimate of drug-likeness (QED) is 0.526. The van der Waals surface area contributed by atoms with E-state index in [-0.39, 0.29) is 46.9 Å². The standard InChI is InChI=1S/C31H44N2O7/c1-29-10-7-22(40-28(36)38-16-15-33-14-13-32-26(34)18-33)17-21(29)4-5-25-24(29)8-11-30(2)23(9-12-31(25,30)37)20-3-6-27(35)39-19-20/h3,6,19,21-25,37H,4-5,7-18H2,1-2H3,(H,32,34)/t21-,22+,23-,24+,25-,29+,30-,31+/m1/s1. The molecule has 9 nitrogen and oxygen atoms in total. The van der Waals surface area contributed by atoms with Crippen molar-refractivity contribution in [2.24, 2.45) is 28.6 Å². The summed E-state index contributed by atoms with van der Waals surface area (Å²) in [6.45, 7) is 7.14. The molecule has 1 aromatic rings. The van der Waals surface area contributed by atoms with Gasteiger partial charge in [-0.1, -0.05) is 13.8 Å². The first-order valence-corrected chi connectivity index (χ1v) is 15.3. The van der Waals surface area contributed by atoms with E-state index in [1.165, 1.54) is 6.07 Å². The van der Waals surface area contributed by atoms with Gasteiger partial charge in [0.25, 0.3) is 0 Å². The molecule has 1 saturated heterocycles. The summed E-state index contributed by atoms with van der Waals surface area (Å²) in [6.07, 6.45) is 9.29. The van der Waals surface area contributed by atoms with Crippen molar-refractivity contribution in [3.8, 4) is 0 Å². The van der Waals surface area contributed by atoms with Crippen LogP contribution in [0.4, 0.5) is 4.79 Å². The number of amides is 1. The van der Waals surface area contributed by atoms with E-state index in [0.29, 0.717) is 31.5 Å². The second-order valence-corrected chi connectivity index (χ2v) is 13.6. The van der Waals surface area contributed by atoms with Crippen molar-refractivity contribution in [1.82, 2.24) is 10.2 Å². The number of rotatable bonds is 5. The SMILES string of the molecule is C[C@]12CC[C@H](OC(=O)OCCN3CCNC(=O)C3)C[C@H]1CC[C@@H]1[C@@H]2CC[C@]2(C)[C@@H](c3ccc(=O)oc3)CC[C@]12O. The van der Waals surface area contributed by atoms with Crippen LogP contribution in [0.1, 0.15) is 83.1 Å². The molecular weight excluding hydrogens is 512 g/mol. The number of carbonyl (C=O) groups is 2. The second kappa shape index (κ2) is 10.5. The zero-order chi connectivity index (χ0) is 28.1. The first-order chi connectivity index (χ1) is 19.1. The van der Waals surface area contributed by atoms with Crippen molar-refractivity contribution >= 4 is 12.1 Å². The van der Waals surface area contributed by atoms with Crippen LogP contribution in [0.3, 0.4) is 0 Å². The van der Waals surface area contributed by atoms with Crippen molar-refractivity contribution < 1.29 is 28.6 Å². The largest absolute Gasteiger partial charge is 0.508 e. The molecule has 5 aliphatic rings. The van der Waals surface area contributed by atoms with Crippen molar-refractivity contribution in [1.29, 1.82) is 0 Å². The molecule has 8 atom stereocenters.